The van der Waals surface area contributed by atoms with Crippen molar-refractivity contribution < 1.29 is 4.79 Å². The molecule has 1 amide bonds. The molecule has 0 saturated carbocycles. The Kier molecular flexibility index (Phi) is 4.37. The third-order valence-electron chi connectivity index (χ3n) is 3.16. The number of aryl methyl sites for hydroxylation is 1. The van der Waals surface area contributed by atoms with Crippen molar-refractivity contribution in [3.05, 3.63) is 33.9 Å². The summed E-state index contributed by atoms with van der Waals surface area (Å²) >= 11 is 1.22. The third-order valence-corrected chi connectivity index (χ3v) is 4.12. The number of para-hydroxylation sites is 1. The number of carbonyl (C=O) groups excluding carboxylic acids is 1. The van der Waals surface area contributed by atoms with Gasteiger partial charge >= 0.3 is 4.87 Å². The Morgan fingerprint density at radius 1 is 1.42 bits per heavy atom. The molecule has 102 valence electrons. The summed E-state index contributed by atoms with van der Waals surface area (Å²) in [7, 11) is 0. The first-order chi connectivity index (χ1) is 9.11. The molecule has 19 heavy (non-hydrogen) atoms. The van der Waals surface area contributed by atoms with E-state index in [1.807, 2.05) is 38.1 Å². The van der Waals surface area contributed by atoms with Crippen LogP contribution in [0, 0.1) is 0 Å². The number of fused-ring (bicyclic) bond motifs is 1. The molecule has 1 N–H and O–H groups in total. The molecule has 4 nitrogen and oxygen atoms in total. The Balaban J connectivity index is 2.08. The van der Waals surface area contributed by atoms with Crippen LogP contribution < -0.4 is 10.2 Å². The molecule has 2 rings (SSSR count). The van der Waals surface area contributed by atoms with Gasteiger partial charge in [0.15, 0.2) is 0 Å². The lowest BCUT2D eigenvalue weighted by molar-refractivity contribution is -0.121. The van der Waals surface area contributed by atoms with Crippen LogP contribution in [0.3, 0.4) is 0 Å². The maximum absolute atomic E-state index is 11.9. The van der Waals surface area contributed by atoms with E-state index < -0.39 is 0 Å². The van der Waals surface area contributed by atoms with Crippen molar-refractivity contribution in [2.24, 2.45) is 0 Å². The van der Waals surface area contributed by atoms with Gasteiger partial charge in [-0.2, -0.15) is 0 Å². The van der Waals surface area contributed by atoms with E-state index in [4.69, 9.17) is 0 Å². The molecule has 0 radical (unpaired) electrons. The van der Waals surface area contributed by atoms with Crippen molar-refractivity contribution >= 4 is 27.5 Å². The topological polar surface area (TPSA) is 51.1 Å². The number of amides is 1. The summed E-state index contributed by atoms with van der Waals surface area (Å²) in [6.45, 7) is 4.44. The highest BCUT2D eigenvalue weighted by Crippen LogP contribution is 2.16. The molecule has 0 fully saturated rings. The van der Waals surface area contributed by atoms with Crippen molar-refractivity contribution in [1.82, 2.24) is 9.88 Å². The first-order valence-corrected chi connectivity index (χ1v) is 7.31. The van der Waals surface area contributed by atoms with E-state index in [2.05, 4.69) is 5.32 Å². The van der Waals surface area contributed by atoms with Gasteiger partial charge in [-0.25, -0.2) is 0 Å². The Morgan fingerprint density at radius 2 is 2.16 bits per heavy atom. The molecule has 0 spiro atoms. The van der Waals surface area contributed by atoms with Gasteiger partial charge in [-0.05, 0) is 25.5 Å². The second-order valence-corrected chi connectivity index (χ2v) is 5.61. The number of nitrogens with zero attached hydrogens (tertiary/aromatic N) is 1. The third kappa shape index (κ3) is 3.23. The summed E-state index contributed by atoms with van der Waals surface area (Å²) in [6, 6.07) is 7.85. The highest BCUT2D eigenvalue weighted by molar-refractivity contribution is 7.16. The van der Waals surface area contributed by atoms with Crippen LogP contribution in [-0.2, 0) is 11.3 Å². The minimum absolute atomic E-state index is 0.00228. The van der Waals surface area contributed by atoms with Gasteiger partial charge in [0, 0.05) is 19.0 Å². The van der Waals surface area contributed by atoms with Crippen molar-refractivity contribution in [2.45, 2.75) is 39.3 Å². The molecule has 0 aliphatic carbocycles. The lowest BCUT2D eigenvalue weighted by Gasteiger charge is -2.11. The van der Waals surface area contributed by atoms with Crippen molar-refractivity contribution in [1.29, 1.82) is 0 Å². The van der Waals surface area contributed by atoms with E-state index >= 15 is 0 Å². The second-order valence-electron chi connectivity index (χ2n) is 4.61. The number of hydrogen-bond acceptors (Lipinski definition) is 3. The molecule has 0 aliphatic heterocycles. The molecule has 0 unspecified atom stereocenters. The highest BCUT2D eigenvalue weighted by Gasteiger charge is 2.10. The van der Waals surface area contributed by atoms with Gasteiger partial charge in [-0.15, -0.1) is 0 Å². The van der Waals surface area contributed by atoms with Gasteiger partial charge in [0.1, 0.15) is 0 Å². The largest absolute Gasteiger partial charge is 0.354 e. The summed E-state index contributed by atoms with van der Waals surface area (Å²) in [4.78, 5) is 23.6. The van der Waals surface area contributed by atoms with Crippen LogP contribution in [0.25, 0.3) is 10.2 Å². The number of hydrogen-bond donors (Lipinski definition) is 1. The molecule has 0 bridgehead atoms. The first kappa shape index (κ1) is 13.8. The lowest BCUT2D eigenvalue weighted by Crippen LogP contribution is -2.33. The molecular formula is C14H18N2O2S. The van der Waals surface area contributed by atoms with Crippen LogP contribution in [-0.4, -0.2) is 16.5 Å². The molecular weight excluding hydrogens is 260 g/mol. The molecule has 1 atom stereocenters. The van der Waals surface area contributed by atoms with Crippen LogP contribution >= 0.6 is 11.3 Å². The number of nitrogens with one attached hydrogen (secondary N) is 1. The minimum atomic E-state index is -0.00321. The maximum Gasteiger partial charge on any atom is 0.308 e. The molecule has 1 aromatic heterocycles. The number of thiazole rings is 1. The predicted molar refractivity (Wildman–Crippen MR) is 78.6 cm³/mol. The van der Waals surface area contributed by atoms with Gasteiger partial charge < -0.3 is 5.32 Å². The van der Waals surface area contributed by atoms with E-state index in [1.165, 1.54) is 11.3 Å². The molecule has 1 aromatic carbocycles. The highest BCUT2D eigenvalue weighted by atomic mass is 32.1. The average Bonchev–Trinajstić information content (AvgIpc) is 2.71. The quantitative estimate of drug-likeness (QED) is 0.913. The van der Waals surface area contributed by atoms with Crippen LogP contribution in [0.4, 0.5) is 0 Å². The Morgan fingerprint density at radius 3 is 2.89 bits per heavy atom. The Bertz CT molecular complexity index is 630. The Labute approximate surface area is 116 Å². The smallest absolute Gasteiger partial charge is 0.308 e. The number of rotatable bonds is 5. The maximum atomic E-state index is 11.9. The van der Waals surface area contributed by atoms with Crippen LogP contribution in [0.15, 0.2) is 29.1 Å². The molecule has 0 aliphatic rings. The van der Waals surface area contributed by atoms with Crippen molar-refractivity contribution in [3.63, 3.8) is 0 Å². The van der Waals surface area contributed by atoms with Gasteiger partial charge in [-0.1, -0.05) is 30.4 Å². The monoisotopic (exact) mass is 278 g/mol. The minimum Gasteiger partial charge on any atom is -0.354 e. The first-order valence-electron chi connectivity index (χ1n) is 6.49. The van der Waals surface area contributed by atoms with Crippen LogP contribution in [0.5, 0.6) is 0 Å². The SMILES string of the molecule is CC[C@H](C)NC(=O)CCn1c(=O)sc2ccccc21. The van der Waals surface area contributed by atoms with Crippen molar-refractivity contribution in [3.8, 4) is 0 Å². The standard InChI is InChI=1S/C14H18N2O2S/c1-3-10(2)15-13(17)8-9-16-11-6-4-5-7-12(11)19-14(16)18/h4-7,10H,3,8-9H2,1-2H3,(H,15,17)/t10-/m0/s1. The van der Waals surface area contributed by atoms with Gasteiger partial charge in [0.25, 0.3) is 0 Å². The number of carbonyl (C=O) groups is 1. The van der Waals surface area contributed by atoms with E-state index in [0.717, 1.165) is 16.6 Å². The molecule has 1 heterocycles. The fraction of sp³-hybridized carbons (Fsp3) is 0.429. The summed E-state index contributed by atoms with van der Waals surface area (Å²) in [5.74, 6) is -0.00321. The normalized spacial score (nSPS) is 12.5. The number of aromatic nitrogens is 1. The summed E-state index contributed by atoms with van der Waals surface area (Å²) in [6.07, 6.45) is 1.25. The van der Waals surface area contributed by atoms with Crippen molar-refractivity contribution in [2.75, 3.05) is 0 Å². The second kappa shape index (κ2) is 6.02. The Hall–Kier alpha value is -1.62. The zero-order valence-electron chi connectivity index (χ0n) is 11.2. The molecule has 2 aromatic rings. The lowest BCUT2D eigenvalue weighted by atomic mass is 10.2. The van der Waals surface area contributed by atoms with E-state index in [0.29, 0.717) is 13.0 Å². The predicted octanol–water partition coefficient (Wildman–Crippen LogP) is 2.37. The van der Waals surface area contributed by atoms with E-state index in [9.17, 15) is 9.59 Å². The zero-order chi connectivity index (χ0) is 13.8. The molecule has 5 heteroatoms. The summed E-state index contributed by atoms with van der Waals surface area (Å²) < 4.78 is 2.64. The number of benzene rings is 1. The van der Waals surface area contributed by atoms with Gasteiger partial charge in [0.05, 0.1) is 10.2 Å². The van der Waals surface area contributed by atoms with Crippen LogP contribution in [0.2, 0.25) is 0 Å². The average molecular weight is 278 g/mol. The molecule has 0 saturated heterocycles. The zero-order valence-corrected chi connectivity index (χ0v) is 12.0. The fourth-order valence-corrected chi connectivity index (χ4v) is 2.81. The summed E-state index contributed by atoms with van der Waals surface area (Å²) in [5.41, 5.74) is 0.911. The van der Waals surface area contributed by atoms with Gasteiger partial charge in [-0.3, -0.25) is 14.2 Å². The van der Waals surface area contributed by atoms with Gasteiger partial charge in [0.2, 0.25) is 5.91 Å². The van der Waals surface area contributed by atoms with E-state index in [-0.39, 0.29) is 16.8 Å². The van der Waals surface area contributed by atoms with Crippen LogP contribution in [0.1, 0.15) is 26.7 Å². The fourth-order valence-electron chi connectivity index (χ4n) is 1.89. The van der Waals surface area contributed by atoms with E-state index in [1.54, 1.807) is 4.57 Å². The summed E-state index contributed by atoms with van der Waals surface area (Å²) in [5, 5.41) is 2.91.